The Morgan fingerprint density at radius 3 is 2.77 bits per heavy atom. The topological polar surface area (TPSA) is 112 Å². The van der Waals surface area contributed by atoms with Crippen molar-refractivity contribution in [3.05, 3.63) is 54.2 Å². The Labute approximate surface area is 225 Å². The zero-order valence-electron chi connectivity index (χ0n) is 17.4. The minimum atomic E-state index is -1.27. The van der Waals surface area contributed by atoms with Gasteiger partial charge < -0.3 is 28.9 Å². The standard InChI is InChI=1S/C21H21N3O5S.K/c1-21(2)16(20(27)28)24-18(26)14(19(24)30-21)15(25)17-22-12-5-3-4-6-13(12)23(17)9-11-7-8-29-10-11;/h3-8,10,14-16,19,25H,9H2,1-2H3,(H,27,28);/q;+1/p-1/t14-,15+,16+,19-;/m1./s1. The van der Waals surface area contributed by atoms with Gasteiger partial charge in [-0.3, -0.25) is 4.79 Å². The number of hydrogen-bond acceptors (Lipinski definition) is 7. The van der Waals surface area contributed by atoms with Crippen LogP contribution in [0.1, 0.15) is 31.3 Å². The van der Waals surface area contributed by atoms with E-state index in [4.69, 9.17) is 4.42 Å². The number of carbonyl (C=O) groups is 2. The normalized spacial score (nSPS) is 25.1. The van der Waals surface area contributed by atoms with Gasteiger partial charge in [0.05, 0.1) is 47.5 Å². The predicted octanol–water partition coefficient (Wildman–Crippen LogP) is -1.86. The van der Waals surface area contributed by atoms with Gasteiger partial charge >= 0.3 is 51.4 Å². The summed E-state index contributed by atoms with van der Waals surface area (Å²) in [5, 5.41) is 22.4. The molecule has 4 atom stereocenters. The molecule has 31 heavy (non-hydrogen) atoms. The van der Waals surface area contributed by atoms with Gasteiger partial charge in [0.25, 0.3) is 0 Å². The molecule has 156 valence electrons. The fourth-order valence-electron chi connectivity index (χ4n) is 4.53. The summed E-state index contributed by atoms with van der Waals surface area (Å²) in [6.45, 7) is 3.99. The Morgan fingerprint density at radius 2 is 2.10 bits per heavy atom. The molecule has 3 aromatic rings. The Bertz CT molecular complexity index is 1150. The zero-order valence-corrected chi connectivity index (χ0v) is 21.3. The molecule has 2 aliphatic rings. The molecule has 8 nitrogen and oxygen atoms in total. The summed E-state index contributed by atoms with van der Waals surface area (Å²) in [5.74, 6) is -2.05. The van der Waals surface area contributed by atoms with E-state index >= 15 is 0 Å². The van der Waals surface area contributed by atoms with Crippen LogP contribution in [0, 0.1) is 5.92 Å². The van der Waals surface area contributed by atoms with Gasteiger partial charge in [0.15, 0.2) is 0 Å². The van der Waals surface area contributed by atoms with Gasteiger partial charge in [-0.2, -0.15) is 0 Å². The summed E-state index contributed by atoms with van der Waals surface area (Å²) in [7, 11) is 0. The number of imidazole rings is 1. The number of β-lactam (4-membered cyclic amide) rings is 1. The van der Waals surface area contributed by atoms with Gasteiger partial charge in [0, 0.05) is 10.3 Å². The van der Waals surface area contributed by atoms with E-state index in [9.17, 15) is 19.8 Å². The predicted molar refractivity (Wildman–Crippen MR) is 107 cm³/mol. The molecular formula is C21H20KN3O5S. The van der Waals surface area contributed by atoms with Crippen molar-refractivity contribution in [3.8, 4) is 0 Å². The Balaban J connectivity index is 0.00000231. The van der Waals surface area contributed by atoms with Gasteiger partial charge in [-0.25, -0.2) is 4.98 Å². The van der Waals surface area contributed by atoms with Crippen LogP contribution >= 0.6 is 11.8 Å². The van der Waals surface area contributed by atoms with E-state index in [0.717, 1.165) is 11.1 Å². The number of furan rings is 1. The fourth-order valence-corrected chi connectivity index (χ4v) is 6.24. The number of aliphatic carboxylic acids is 1. The number of amides is 1. The molecule has 2 aliphatic heterocycles. The second-order valence-electron chi connectivity index (χ2n) is 8.23. The number of carboxylic acid groups (broad SMARTS) is 1. The number of aliphatic hydroxyl groups is 1. The molecule has 0 radical (unpaired) electrons. The number of hydrogen-bond donors (Lipinski definition) is 1. The van der Waals surface area contributed by atoms with E-state index in [1.165, 1.54) is 16.7 Å². The molecule has 5 rings (SSSR count). The molecule has 0 unspecified atom stereocenters. The van der Waals surface area contributed by atoms with Crippen molar-refractivity contribution in [2.24, 2.45) is 5.92 Å². The first-order chi connectivity index (χ1) is 14.3. The van der Waals surface area contributed by atoms with Gasteiger partial charge in [0.2, 0.25) is 5.91 Å². The Kier molecular flexibility index (Phi) is 6.19. The molecule has 1 N–H and O–H groups in total. The quantitative estimate of drug-likeness (QED) is 0.348. The number of carboxylic acids is 1. The fraction of sp³-hybridized carbons (Fsp3) is 0.381. The summed E-state index contributed by atoms with van der Waals surface area (Å²) in [4.78, 5) is 30.5. The van der Waals surface area contributed by atoms with E-state index < -0.39 is 34.2 Å². The summed E-state index contributed by atoms with van der Waals surface area (Å²) < 4.78 is 6.34. The molecule has 2 aromatic heterocycles. The van der Waals surface area contributed by atoms with Crippen LogP contribution in [0.25, 0.3) is 11.0 Å². The molecule has 0 aliphatic carbocycles. The maximum atomic E-state index is 12.9. The average Bonchev–Trinajstić information content (AvgIpc) is 3.38. The number of benzene rings is 1. The Hall–Kier alpha value is -1.14. The molecular weight excluding hydrogens is 445 g/mol. The van der Waals surface area contributed by atoms with Gasteiger partial charge in [-0.1, -0.05) is 12.1 Å². The first-order valence-corrected chi connectivity index (χ1v) is 10.5. The third-order valence-electron chi connectivity index (χ3n) is 5.92. The van der Waals surface area contributed by atoms with Gasteiger partial charge in [0.1, 0.15) is 17.8 Å². The Morgan fingerprint density at radius 1 is 1.35 bits per heavy atom. The number of aliphatic hydroxyl groups excluding tert-OH is 1. The third-order valence-corrected chi connectivity index (χ3v) is 7.51. The molecule has 2 fully saturated rings. The van der Waals surface area contributed by atoms with Crippen LogP contribution in [0.2, 0.25) is 0 Å². The molecule has 4 heterocycles. The van der Waals surface area contributed by atoms with E-state index in [1.54, 1.807) is 26.4 Å². The monoisotopic (exact) mass is 465 g/mol. The first-order valence-electron chi connectivity index (χ1n) is 9.65. The maximum absolute atomic E-state index is 12.9. The van der Waals surface area contributed by atoms with Crippen LogP contribution in [0.4, 0.5) is 0 Å². The zero-order chi connectivity index (χ0) is 21.2. The van der Waals surface area contributed by atoms with E-state index in [2.05, 4.69) is 4.98 Å². The van der Waals surface area contributed by atoms with Crippen LogP contribution in [-0.2, 0) is 16.1 Å². The SMILES string of the molecule is CC1(C)S[C@@H]2[C@H]([C@H](O)c3nc4ccccc4n3Cc3ccoc3)C(=O)N2[C@H]1C(=O)[O-].[K+]. The number of aromatic nitrogens is 2. The average molecular weight is 466 g/mol. The number of thioether (sulfide) groups is 1. The second kappa shape index (κ2) is 8.33. The second-order valence-corrected chi connectivity index (χ2v) is 10.00. The van der Waals surface area contributed by atoms with Crippen LogP contribution in [-0.4, -0.2) is 47.6 Å². The van der Waals surface area contributed by atoms with Crippen molar-refractivity contribution >= 4 is 34.7 Å². The minimum absolute atomic E-state index is 0. The maximum Gasteiger partial charge on any atom is 1.00 e. The number of carbonyl (C=O) groups excluding carboxylic acids is 2. The van der Waals surface area contributed by atoms with Gasteiger partial charge in [-0.05, 0) is 32.0 Å². The number of rotatable bonds is 5. The van der Waals surface area contributed by atoms with Crippen molar-refractivity contribution in [2.75, 3.05) is 0 Å². The summed E-state index contributed by atoms with van der Waals surface area (Å²) in [6.07, 6.45) is 2.04. The van der Waals surface area contributed by atoms with Crippen LogP contribution in [0.15, 0.2) is 47.3 Å². The molecule has 0 bridgehead atoms. The molecule has 1 amide bonds. The van der Waals surface area contributed by atoms with Gasteiger partial charge in [-0.15, -0.1) is 11.8 Å². The number of fused-ring (bicyclic) bond motifs is 2. The molecule has 1 aromatic carbocycles. The smallest absolute Gasteiger partial charge is 0.548 e. The molecule has 10 heteroatoms. The minimum Gasteiger partial charge on any atom is -0.548 e. The largest absolute Gasteiger partial charge is 1.00 e. The summed E-state index contributed by atoms with van der Waals surface area (Å²) >= 11 is 1.38. The molecule has 0 spiro atoms. The third kappa shape index (κ3) is 3.62. The van der Waals surface area contributed by atoms with Crippen molar-refractivity contribution in [2.45, 2.75) is 42.7 Å². The molecule has 2 saturated heterocycles. The van der Waals surface area contributed by atoms with E-state index in [-0.39, 0.29) is 57.3 Å². The number of para-hydroxylation sites is 2. The van der Waals surface area contributed by atoms with E-state index in [0.29, 0.717) is 17.9 Å². The summed E-state index contributed by atoms with van der Waals surface area (Å²) in [5.41, 5.74) is 2.45. The van der Waals surface area contributed by atoms with Crippen molar-refractivity contribution in [1.82, 2.24) is 14.5 Å². The van der Waals surface area contributed by atoms with Crippen LogP contribution in [0.3, 0.4) is 0 Å². The van der Waals surface area contributed by atoms with Crippen molar-refractivity contribution in [3.63, 3.8) is 0 Å². The number of nitrogens with zero attached hydrogens (tertiary/aromatic N) is 3. The molecule has 0 saturated carbocycles. The van der Waals surface area contributed by atoms with E-state index in [1.807, 2.05) is 34.9 Å². The summed E-state index contributed by atoms with van der Waals surface area (Å²) in [6, 6.07) is 8.33. The van der Waals surface area contributed by atoms with Crippen molar-refractivity contribution in [1.29, 1.82) is 0 Å². The van der Waals surface area contributed by atoms with Crippen molar-refractivity contribution < 1.29 is 75.6 Å². The first kappa shape index (κ1) is 23.0. The van der Waals surface area contributed by atoms with Crippen LogP contribution in [0.5, 0.6) is 0 Å². The van der Waals surface area contributed by atoms with Crippen LogP contribution < -0.4 is 56.5 Å².